The van der Waals surface area contributed by atoms with E-state index in [1.165, 1.54) is 0 Å². The van der Waals surface area contributed by atoms with Crippen molar-refractivity contribution >= 4 is 6.29 Å². The lowest BCUT2D eigenvalue weighted by Crippen LogP contribution is -2.24. The number of aldehydes is 1. The molecule has 0 fully saturated rings. The molecule has 0 amide bonds. The van der Waals surface area contributed by atoms with Gasteiger partial charge in [-0.3, -0.25) is 4.90 Å². The van der Waals surface area contributed by atoms with Gasteiger partial charge in [-0.15, -0.1) is 0 Å². The monoisotopic (exact) mass is 145 g/mol. The van der Waals surface area contributed by atoms with E-state index < -0.39 is 0 Å². The molecule has 0 heterocycles. The Hall–Kier alpha value is -0.410. The van der Waals surface area contributed by atoms with E-state index in [0.29, 0.717) is 6.54 Å². The van der Waals surface area contributed by atoms with Gasteiger partial charge in [-0.25, -0.2) is 0 Å². The van der Waals surface area contributed by atoms with E-state index in [4.69, 9.17) is 5.11 Å². The normalized spacial score (nSPS) is 13.6. The SMILES string of the molecule is CC(O)CCN(C)CC=O. The Kier molecular flexibility index (Phi) is 5.16. The third-order valence-electron chi connectivity index (χ3n) is 1.31. The number of aliphatic hydroxyl groups excluding tert-OH is 1. The molecule has 3 nitrogen and oxygen atoms in total. The van der Waals surface area contributed by atoms with Gasteiger partial charge in [0.2, 0.25) is 0 Å². The summed E-state index contributed by atoms with van der Waals surface area (Å²) in [5.74, 6) is 0. The zero-order chi connectivity index (χ0) is 7.98. The quantitative estimate of drug-likeness (QED) is 0.549. The number of nitrogens with zero attached hydrogens (tertiary/aromatic N) is 1. The minimum Gasteiger partial charge on any atom is -0.393 e. The highest BCUT2D eigenvalue weighted by Gasteiger charge is 1.99. The molecular weight excluding hydrogens is 130 g/mol. The van der Waals surface area contributed by atoms with Gasteiger partial charge in [0.15, 0.2) is 0 Å². The van der Waals surface area contributed by atoms with Crippen LogP contribution in [0.3, 0.4) is 0 Å². The summed E-state index contributed by atoms with van der Waals surface area (Å²) in [6.45, 7) is 2.97. The molecule has 0 rings (SSSR count). The van der Waals surface area contributed by atoms with Gasteiger partial charge in [0.25, 0.3) is 0 Å². The largest absolute Gasteiger partial charge is 0.393 e. The first-order chi connectivity index (χ1) is 4.66. The molecule has 1 atom stereocenters. The smallest absolute Gasteiger partial charge is 0.133 e. The van der Waals surface area contributed by atoms with Crippen LogP contribution in [0.25, 0.3) is 0 Å². The van der Waals surface area contributed by atoms with Crippen molar-refractivity contribution in [3.63, 3.8) is 0 Å². The van der Waals surface area contributed by atoms with Gasteiger partial charge < -0.3 is 9.90 Å². The fraction of sp³-hybridized carbons (Fsp3) is 0.857. The summed E-state index contributed by atoms with van der Waals surface area (Å²) in [5, 5.41) is 8.85. The zero-order valence-electron chi connectivity index (χ0n) is 6.58. The van der Waals surface area contributed by atoms with Crippen LogP contribution >= 0.6 is 0 Å². The van der Waals surface area contributed by atoms with Crippen molar-refractivity contribution in [3.05, 3.63) is 0 Å². The summed E-state index contributed by atoms with van der Waals surface area (Å²) in [4.78, 5) is 11.8. The van der Waals surface area contributed by atoms with E-state index in [1.807, 2.05) is 11.9 Å². The number of rotatable bonds is 5. The van der Waals surface area contributed by atoms with Gasteiger partial charge in [-0.2, -0.15) is 0 Å². The highest BCUT2D eigenvalue weighted by Crippen LogP contribution is 1.91. The number of carbonyl (C=O) groups excluding carboxylic acids is 1. The average molecular weight is 145 g/mol. The van der Waals surface area contributed by atoms with Gasteiger partial charge in [-0.05, 0) is 20.4 Å². The summed E-state index contributed by atoms with van der Waals surface area (Å²) in [6, 6.07) is 0. The molecule has 0 saturated carbocycles. The zero-order valence-corrected chi connectivity index (χ0v) is 6.58. The molecular formula is C7H15NO2. The second-order valence-electron chi connectivity index (χ2n) is 2.57. The maximum Gasteiger partial charge on any atom is 0.133 e. The number of aliphatic hydroxyl groups is 1. The van der Waals surface area contributed by atoms with Gasteiger partial charge in [0, 0.05) is 6.54 Å². The molecule has 0 aliphatic heterocycles. The van der Waals surface area contributed by atoms with Crippen molar-refractivity contribution in [2.75, 3.05) is 20.1 Å². The summed E-state index contributed by atoms with van der Waals surface area (Å²) < 4.78 is 0. The van der Waals surface area contributed by atoms with Crippen molar-refractivity contribution in [1.29, 1.82) is 0 Å². The Morgan fingerprint density at radius 2 is 2.30 bits per heavy atom. The van der Waals surface area contributed by atoms with E-state index in [1.54, 1.807) is 6.92 Å². The summed E-state index contributed by atoms with van der Waals surface area (Å²) in [5.41, 5.74) is 0. The molecule has 0 aromatic rings. The lowest BCUT2D eigenvalue weighted by Gasteiger charge is -2.13. The topological polar surface area (TPSA) is 40.5 Å². The molecule has 0 aliphatic rings. The first-order valence-corrected chi connectivity index (χ1v) is 3.47. The van der Waals surface area contributed by atoms with Crippen molar-refractivity contribution < 1.29 is 9.90 Å². The predicted molar refractivity (Wildman–Crippen MR) is 39.9 cm³/mol. The molecule has 1 N–H and O–H groups in total. The fourth-order valence-electron chi connectivity index (χ4n) is 0.626. The highest BCUT2D eigenvalue weighted by molar-refractivity contribution is 5.51. The molecule has 0 spiro atoms. The molecule has 0 saturated heterocycles. The third-order valence-corrected chi connectivity index (χ3v) is 1.31. The van der Waals surface area contributed by atoms with Crippen molar-refractivity contribution in [2.45, 2.75) is 19.4 Å². The van der Waals surface area contributed by atoms with Gasteiger partial charge in [0.1, 0.15) is 6.29 Å². The molecule has 0 aromatic heterocycles. The fourth-order valence-corrected chi connectivity index (χ4v) is 0.626. The maximum absolute atomic E-state index is 9.96. The van der Waals surface area contributed by atoms with Crippen molar-refractivity contribution in [1.82, 2.24) is 4.90 Å². The van der Waals surface area contributed by atoms with Crippen LogP contribution < -0.4 is 0 Å². The van der Waals surface area contributed by atoms with E-state index in [9.17, 15) is 4.79 Å². The Balaban J connectivity index is 3.20. The van der Waals surface area contributed by atoms with Crippen LogP contribution in [0.4, 0.5) is 0 Å². The van der Waals surface area contributed by atoms with Crippen LogP contribution in [0.15, 0.2) is 0 Å². The van der Waals surface area contributed by atoms with Crippen LogP contribution in [-0.2, 0) is 4.79 Å². The maximum atomic E-state index is 9.96. The van der Waals surface area contributed by atoms with Crippen LogP contribution in [0, 0.1) is 0 Å². The predicted octanol–water partition coefficient (Wildman–Crippen LogP) is -0.112. The second-order valence-corrected chi connectivity index (χ2v) is 2.57. The summed E-state index contributed by atoms with van der Waals surface area (Å²) >= 11 is 0. The summed E-state index contributed by atoms with van der Waals surface area (Å²) in [6.07, 6.45) is 1.32. The Morgan fingerprint density at radius 3 is 2.70 bits per heavy atom. The van der Waals surface area contributed by atoms with E-state index in [0.717, 1.165) is 19.3 Å². The average Bonchev–Trinajstić information content (AvgIpc) is 1.85. The Bertz CT molecular complexity index is 93.6. The molecule has 0 aromatic carbocycles. The first kappa shape index (κ1) is 9.59. The first-order valence-electron chi connectivity index (χ1n) is 3.47. The minimum absolute atomic E-state index is 0.269. The third kappa shape index (κ3) is 5.72. The number of carbonyl (C=O) groups is 1. The van der Waals surface area contributed by atoms with Crippen molar-refractivity contribution in [3.8, 4) is 0 Å². The van der Waals surface area contributed by atoms with Crippen molar-refractivity contribution in [2.24, 2.45) is 0 Å². The molecule has 60 valence electrons. The number of hydrogen-bond acceptors (Lipinski definition) is 3. The standard InChI is InChI=1S/C7H15NO2/c1-7(10)3-4-8(2)5-6-9/h6-7,10H,3-5H2,1-2H3. The van der Waals surface area contributed by atoms with Crippen LogP contribution in [0.2, 0.25) is 0 Å². The molecule has 0 bridgehead atoms. The number of hydrogen-bond donors (Lipinski definition) is 1. The molecule has 10 heavy (non-hydrogen) atoms. The van der Waals surface area contributed by atoms with E-state index in [-0.39, 0.29) is 6.10 Å². The van der Waals surface area contributed by atoms with Crippen LogP contribution in [0.1, 0.15) is 13.3 Å². The van der Waals surface area contributed by atoms with Crippen LogP contribution in [0.5, 0.6) is 0 Å². The lowest BCUT2D eigenvalue weighted by molar-refractivity contribution is -0.108. The van der Waals surface area contributed by atoms with Gasteiger partial charge in [-0.1, -0.05) is 0 Å². The van der Waals surface area contributed by atoms with Gasteiger partial charge in [0.05, 0.1) is 12.6 Å². The second kappa shape index (κ2) is 5.38. The van der Waals surface area contributed by atoms with E-state index >= 15 is 0 Å². The molecule has 1 unspecified atom stereocenters. The molecule has 0 radical (unpaired) electrons. The molecule has 3 heteroatoms. The summed E-state index contributed by atoms with van der Waals surface area (Å²) in [7, 11) is 1.86. The Morgan fingerprint density at radius 1 is 1.70 bits per heavy atom. The number of likely N-dealkylation sites (N-methyl/N-ethyl adjacent to an activating group) is 1. The molecule has 0 aliphatic carbocycles. The van der Waals surface area contributed by atoms with Crippen LogP contribution in [-0.4, -0.2) is 42.5 Å². The Labute approximate surface area is 61.6 Å². The lowest BCUT2D eigenvalue weighted by atomic mass is 10.3. The van der Waals surface area contributed by atoms with Gasteiger partial charge >= 0.3 is 0 Å². The van der Waals surface area contributed by atoms with E-state index in [2.05, 4.69) is 0 Å². The minimum atomic E-state index is -0.269. The highest BCUT2D eigenvalue weighted by atomic mass is 16.3.